The fourth-order valence-electron chi connectivity index (χ4n) is 0.268. The Balaban J connectivity index is 0. The molecule has 0 saturated heterocycles. The zero-order chi connectivity index (χ0) is 11.7. The van der Waals surface area contributed by atoms with E-state index in [0.29, 0.717) is 0 Å². The number of hydrogen-bond donors (Lipinski definition) is 2. The minimum Gasteiger partial charge on any atom is -0.389 e. The quantitative estimate of drug-likeness (QED) is 0.416. The van der Waals surface area contributed by atoms with Gasteiger partial charge in [0.05, 0.1) is 0 Å². The molecular formula is C8H12O6. The molecule has 2 N–H and O–H groups in total. The third-order valence-corrected chi connectivity index (χ3v) is 0.939. The number of aliphatic hydroxyl groups is 2. The average Bonchev–Trinajstić information content (AvgIpc) is 2.16. The molecule has 0 aromatic heterocycles. The standard InChI is InChI=1S/C5H6O4.C3H6O2/c1-3(7)5(9)4(8)2-6;1-3(5)2-4/h6H,2H2,1H3;4H,2H2,1H3. The van der Waals surface area contributed by atoms with Crippen LogP contribution in [0.25, 0.3) is 0 Å². The number of carbonyl (C=O) groups excluding carboxylic acids is 4. The van der Waals surface area contributed by atoms with Gasteiger partial charge in [-0.1, -0.05) is 0 Å². The number of Topliss-reactive ketones (excluding diaryl/α,β-unsaturated/α-hetero) is 4. The van der Waals surface area contributed by atoms with Crippen LogP contribution in [-0.2, 0) is 19.2 Å². The maximum absolute atomic E-state index is 10.2. The Morgan fingerprint density at radius 1 is 0.929 bits per heavy atom. The van der Waals surface area contributed by atoms with Crippen LogP contribution in [0.15, 0.2) is 0 Å². The van der Waals surface area contributed by atoms with Crippen LogP contribution in [0.2, 0.25) is 0 Å². The largest absolute Gasteiger partial charge is 0.389 e. The topological polar surface area (TPSA) is 109 Å². The van der Waals surface area contributed by atoms with E-state index in [4.69, 9.17) is 10.2 Å². The van der Waals surface area contributed by atoms with Gasteiger partial charge in [-0.05, 0) is 6.92 Å². The van der Waals surface area contributed by atoms with Gasteiger partial charge in [-0.15, -0.1) is 0 Å². The lowest BCUT2D eigenvalue weighted by Crippen LogP contribution is -2.23. The molecule has 0 spiro atoms. The van der Waals surface area contributed by atoms with Crippen molar-refractivity contribution >= 4 is 23.1 Å². The molecule has 0 radical (unpaired) electrons. The molecule has 6 nitrogen and oxygen atoms in total. The maximum Gasteiger partial charge on any atom is 0.266 e. The van der Waals surface area contributed by atoms with E-state index in [1.807, 2.05) is 0 Å². The highest BCUT2D eigenvalue weighted by molar-refractivity contribution is 6.63. The monoisotopic (exact) mass is 204 g/mol. The van der Waals surface area contributed by atoms with Gasteiger partial charge in [-0.3, -0.25) is 19.2 Å². The first-order chi connectivity index (χ1) is 6.36. The van der Waals surface area contributed by atoms with Gasteiger partial charge in [0.1, 0.15) is 13.2 Å². The van der Waals surface area contributed by atoms with Gasteiger partial charge in [-0.25, -0.2) is 0 Å². The zero-order valence-corrected chi connectivity index (χ0v) is 7.94. The summed E-state index contributed by atoms with van der Waals surface area (Å²) in [7, 11) is 0. The minimum absolute atomic E-state index is 0.190. The number of ketones is 4. The maximum atomic E-state index is 10.2. The zero-order valence-electron chi connectivity index (χ0n) is 7.94. The van der Waals surface area contributed by atoms with E-state index in [1.54, 1.807) is 0 Å². The number of aliphatic hydroxyl groups excluding tert-OH is 2. The van der Waals surface area contributed by atoms with Gasteiger partial charge in [0.2, 0.25) is 11.6 Å². The van der Waals surface area contributed by atoms with Crippen molar-refractivity contribution in [3.05, 3.63) is 0 Å². The second-order valence-electron chi connectivity index (χ2n) is 2.33. The molecule has 80 valence electrons. The Kier molecular flexibility index (Phi) is 8.85. The van der Waals surface area contributed by atoms with Gasteiger partial charge < -0.3 is 10.2 Å². The van der Waals surface area contributed by atoms with E-state index in [-0.39, 0.29) is 12.4 Å². The smallest absolute Gasteiger partial charge is 0.266 e. The molecule has 0 bridgehead atoms. The molecule has 0 aliphatic rings. The summed E-state index contributed by atoms with van der Waals surface area (Å²) >= 11 is 0. The molecule has 0 aliphatic heterocycles. The Bertz CT molecular complexity index is 242. The summed E-state index contributed by atoms with van der Waals surface area (Å²) in [6, 6.07) is 0. The summed E-state index contributed by atoms with van der Waals surface area (Å²) in [5.74, 6) is -3.22. The average molecular weight is 204 g/mol. The van der Waals surface area contributed by atoms with Crippen LogP contribution in [0.3, 0.4) is 0 Å². The Labute approximate surface area is 80.5 Å². The van der Waals surface area contributed by atoms with Crippen LogP contribution < -0.4 is 0 Å². The first kappa shape index (κ1) is 15.1. The molecule has 0 rings (SSSR count). The van der Waals surface area contributed by atoms with Crippen LogP contribution >= 0.6 is 0 Å². The highest BCUT2D eigenvalue weighted by atomic mass is 16.3. The first-order valence-electron chi connectivity index (χ1n) is 3.66. The predicted molar refractivity (Wildman–Crippen MR) is 45.5 cm³/mol. The Morgan fingerprint density at radius 2 is 1.29 bits per heavy atom. The molecule has 0 aliphatic carbocycles. The summed E-state index contributed by atoms with van der Waals surface area (Å²) in [6.07, 6.45) is 0. The third-order valence-electron chi connectivity index (χ3n) is 0.939. The normalized spacial score (nSPS) is 8.29. The molecule has 0 heterocycles. The van der Waals surface area contributed by atoms with Crippen LogP contribution in [0.1, 0.15) is 13.8 Å². The van der Waals surface area contributed by atoms with Crippen molar-refractivity contribution in [2.45, 2.75) is 13.8 Å². The number of rotatable bonds is 4. The molecule has 0 aromatic rings. The van der Waals surface area contributed by atoms with Gasteiger partial charge in [0.25, 0.3) is 5.78 Å². The van der Waals surface area contributed by atoms with Crippen molar-refractivity contribution in [1.29, 1.82) is 0 Å². The van der Waals surface area contributed by atoms with E-state index in [1.165, 1.54) is 6.92 Å². The number of carbonyl (C=O) groups is 4. The third kappa shape index (κ3) is 8.69. The van der Waals surface area contributed by atoms with Crippen LogP contribution in [0.5, 0.6) is 0 Å². The minimum atomic E-state index is -1.14. The number of hydrogen-bond acceptors (Lipinski definition) is 6. The lowest BCUT2D eigenvalue weighted by Gasteiger charge is -1.86. The van der Waals surface area contributed by atoms with Crippen molar-refractivity contribution in [3.63, 3.8) is 0 Å². The highest BCUT2D eigenvalue weighted by Gasteiger charge is 2.16. The molecule has 6 heteroatoms. The van der Waals surface area contributed by atoms with Crippen molar-refractivity contribution in [2.24, 2.45) is 0 Å². The van der Waals surface area contributed by atoms with Gasteiger partial charge in [0.15, 0.2) is 5.78 Å². The lowest BCUT2D eigenvalue weighted by atomic mass is 10.2. The van der Waals surface area contributed by atoms with E-state index in [9.17, 15) is 19.2 Å². The Hall–Kier alpha value is -1.40. The summed E-state index contributed by atoms with van der Waals surface area (Å²) < 4.78 is 0. The fraction of sp³-hybridized carbons (Fsp3) is 0.500. The molecule has 14 heavy (non-hydrogen) atoms. The van der Waals surface area contributed by atoms with Crippen molar-refractivity contribution < 1.29 is 29.4 Å². The van der Waals surface area contributed by atoms with Gasteiger partial charge in [0, 0.05) is 6.92 Å². The van der Waals surface area contributed by atoms with Crippen LogP contribution in [-0.4, -0.2) is 46.6 Å². The fourth-order valence-corrected chi connectivity index (χ4v) is 0.268. The second kappa shape index (κ2) is 8.21. The second-order valence-corrected chi connectivity index (χ2v) is 2.33. The summed E-state index contributed by atoms with van der Waals surface area (Å²) in [5, 5.41) is 15.8. The van der Waals surface area contributed by atoms with Crippen molar-refractivity contribution in [3.8, 4) is 0 Å². The van der Waals surface area contributed by atoms with E-state index >= 15 is 0 Å². The molecule has 0 saturated carbocycles. The molecular weight excluding hydrogens is 192 g/mol. The molecule has 0 amide bonds. The van der Waals surface area contributed by atoms with E-state index in [2.05, 4.69) is 0 Å². The Morgan fingerprint density at radius 3 is 1.36 bits per heavy atom. The molecule has 0 atom stereocenters. The molecule has 0 unspecified atom stereocenters. The summed E-state index contributed by atoms with van der Waals surface area (Å²) in [4.78, 5) is 40.0. The SMILES string of the molecule is CC(=O)C(=O)C(=O)CO.CC(=O)CO. The van der Waals surface area contributed by atoms with Gasteiger partial charge >= 0.3 is 0 Å². The predicted octanol–water partition coefficient (Wildman–Crippen LogP) is -1.73. The van der Waals surface area contributed by atoms with Crippen molar-refractivity contribution in [1.82, 2.24) is 0 Å². The van der Waals surface area contributed by atoms with E-state index in [0.717, 1.165) is 6.92 Å². The van der Waals surface area contributed by atoms with Crippen LogP contribution in [0, 0.1) is 0 Å². The molecule has 0 fully saturated rings. The van der Waals surface area contributed by atoms with E-state index < -0.39 is 24.0 Å². The summed E-state index contributed by atoms with van der Waals surface area (Å²) in [6.45, 7) is 1.09. The summed E-state index contributed by atoms with van der Waals surface area (Å²) in [5.41, 5.74) is 0. The first-order valence-corrected chi connectivity index (χ1v) is 3.66. The van der Waals surface area contributed by atoms with Crippen LogP contribution in [0.4, 0.5) is 0 Å². The lowest BCUT2D eigenvalue weighted by molar-refractivity contribution is -0.144. The highest BCUT2D eigenvalue weighted by Crippen LogP contribution is 1.76. The molecule has 0 aromatic carbocycles. The van der Waals surface area contributed by atoms with Gasteiger partial charge in [-0.2, -0.15) is 0 Å². The van der Waals surface area contributed by atoms with Crippen molar-refractivity contribution in [2.75, 3.05) is 13.2 Å².